The molecule has 12 heteroatoms. The van der Waals surface area contributed by atoms with Gasteiger partial charge in [0.2, 0.25) is 0 Å². The van der Waals surface area contributed by atoms with Gasteiger partial charge in [-0.2, -0.15) is 0 Å². The van der Waals surface area contributed by atoms with Crippen LogP contribution in [0.1, 0.15) is 29.2 Å². The second-order valence-electron chi connectivity index (χ2n) is 12.1. The lowest BCUT2D eigenvalue weighted by Crippen LogP contribution is -2.45. The van der Waals surface area contributed by atoms with E-state index in [0.29, 0.717) is 60.2 Å². The third-order valence-corrected chi connectivity index (χ3v) is 9.51. The summed E-state index contributed by atoms with van der Waals surface area (Å²) in [6.45, 7) is 3.71. The minimum absolute atomic E-state index is 0.159. The molecule has 0 bridgehead atoms. The summed E-state index contributed by atoms with van der Waals surface area (Å²) in [6, 6.07) is 26.4. The Morgan fingerprint density at radius 2 is 1.55 bits per heavy atom. The number of nitrogens with zero attached hydrogens (tertiary/aromatic N) is 6. The van der Waals surface area contributed by atoms with Gasteiger partial charge < -0.3 is 19.3 Å². The van der Waals surface area contributed by atoms with Gasteiger partial charge in [0.15, 0.2) is 5.16 Å². The monoisotopic (exact) mass is 676 g/mol. The maximum atomic E-state index is 14.6. The Morgan fingerprint density at radius 3 is 2.24 bits per heavy atom. The zero-order valence-corrected chi connectivity index (χ0v) is 28.1. The highest BCUT2D eigenvalue weighted by atomic mass is 32.2. The first-order valence-electron chi connectivity index (χ1n) is 16.2. The largest absolute Gasteiger partial charge is 0.445 e. The van der Waals surface area contributed by atoms with Gasteiger partial charge in [-0.05, 0) is 48.4 Å². The molecule has 0 unspecified atom stereocenters. The Morgan fingerprint density at radius 1 is 0.857 bits per heavy atom. The SMILES string of the molecule is CSc1ncc2cc(N3CCN(C(=O)OCc4ccccc4)c4c(C)cccc43)c(=O)n([C@H]3CCN(C(=O)OCc4ccccc4)C3)c2n1. The molecule has 1 atom stereocenters. The lowest BCUT2D eigenvalue weighted by Gasteiger charge is -2.38. The van der Waals surface area contributed by atoms with Crippen molar-refractivity contribution in [3.8, 4) is 0 Å². The van der Waals surface area contributed by atoms with E-state index in [1.807, 2.05) is 103 Å². The fourth-order valence-electron chi connectivity index (χ4n) is 6.52. The first-order chi connectivity index (χ1) is 23.9. The van der Waals surface area contributed by atoms with Crippen LogP contribution in [0.3, 0.4) is 0 Å². The molecule has 5 aromatic rings. The number of carbonyl (C=O) groups excluding carboxylic acids is 2. The van der Waals surface area contributed by atoms with Gasteiger partial charge in [-0.25, -0.2) is 19.6 Å². The number of hydrogen-bond acceptors (Lipinski definition) is 9. The van der Waals surface area contributed by atoms with E-state index in [1.165, 1.54) is 11.8 Å². The van der Waals surface area contributed by atoms with Gasteiger partial charge in [0.05, 0.1) is 17.4 Å². The van der Waals surface area contributed by atoms with E-state index < -0.39 is 12.2 Å². The molecule has 250 valence electrons. The quantitative estimate of drug-likeness (QED) is 0.137. The zero-order valence-electron chi connectivity index (χ0n) is 27.3. The number of aryl methyl sites for hydroxylation is 1. The lowest BCUT2D eigenvalue weighted by molar-refractivity contribution is 0.103. The molecule has 0 aliphatic carbocycles. The number of rotatable bonds is 7. The predicted octanol–water partition coefficient (Wildman–Crippen LogP) is 6.70. The first kappa shape index (κ1) is 32.2. The van der Waals surface area contributed by atoms with E-state index in [-0.39, 0.29) is 24.8 Å². The molecule has 3 aromatic carbocycles. The Kier molecular flexibility index (Phi) is 9.21. The summed E-state index contributed by atoms with van der Waals surface area (Å²) in [4.78, 5) is 55.7. The summed E-state index contributed by atoms with van der Waals surface area (Å²) >= 11 is 1.40. The zero-order chi connectivity index (χ0) is 33.9. The van der Waals surface area contributed by atoms with Gasteiger partial charge in [0.1, 0.15) is 24.5 Å². The number of thioether (sulfide) groups is 1. The van der Waals surface area contributed by atoms with Crippen molar-refractivity contribution in [2.45, 2.75) is 37.8 Å². The van der Waals surface area contributed by atoms with Crippen molar-refractivity contribution in [3.63, 3.8) is 0 Å². The summed E-state index contributed by atoms with van der Waals surface area (Å²) in [7, 11) is 0. The van der Waals surface area contributed by atoms with E-state index in [9.17, 15) is 14.4 Å². The van der Waals surface area contributed by atoms with Crippen LogP contribution in [0.5, 0.6) is 0 Å². The van der Waals surface area contributed by atoms with Crippen molar-refractivity contribution < 1.29 is 19.1 Å². The standard InChI is InChI=1S/C37H36N6O5S/c1-25-10-9-15-30-32(25)42(37(46)48-24-27-13-7-4-8-14-27)19-18-41(30)31-20-28-21-38-35(49-2)39-33(28)43(34(31)44)29-16-17-40(22-29)36(45)47-23-26-11-5-3-6-12-26/h3-15,20-21,29H,16-19,22-24H2,1-2H3/t29-/m0/s1. The summed E-state index contributed by atoms with van der Waals surface area (Å²) in [5, 5.41) is 1.26. The summed E-state index contributed by atoms with van der Waals surface area (Å²) in [5.41, 5.74) is 4.85. The van der Waals surface area contributed by atoms with Crippen molar-refractivity contribution in [2.24, 2.45) is 0 Å². The highest BCUT2D eigenvalue weighted by molar-refractivity contribution is 7.98. The van der Waals surface area contributed by atoms with E-state index in [4.69, 9.17) is 14.5 Å². The molecule has 1 saturated heterocycles. The molecule has 2 aliphatic rings. The van der Waals surface area contributed by atoms with Crippen LogP contribution in [-0.2, 0) is 22.7 Å². The van der Waals surface area contributed by atoms with Crippen LogP contribution in [0.4, 0.5) is 26.7 Å². The number of para-hydroxylation sites is 1. The normalized spacial score (nSPS) is 15.7. The third-order valence-electron chi connectivity index (χ3n) is 8.95. The highest BCUT2D eigenvalue weighted by Crippen LogP contribution is 2.40. The summed E-state index contributed by atoms with van der Waals surface area (Å²) < 4.78 is 13.0. The van der Waals surface area contributed by atoms with Gasteiger partial charge in [0, 0.05) is 37.8 Å². The third kappa shape index (κ3) is 6.56. The minimum atomic E-state index is -0.446. The number of pyridine rings is 1. The number of aromatic nitrogens is 3. The molecule has 11 nitrogen and oxygen atoms in total. The van der Waals surface area contributed by atoms with Crippen molar-refractivity contribution in [3.05, 3.63) is 118 Å². The van der Waals surface area contributed by atoms with E-state index >= 15 is 0 Å². The molecule has 2 amide bonds. The number of carbonyl (C=O) groups is 2. The molecule has 4 heterocycles. The number of fused-ring (bicyclic) bond motifs is 2. The molecule has 0 radical (unpaired) electrons. The second-order valence-corrected chi connectivity index (χ2v) is 12.8. The average molecular weight is 677 g/mol. The van der Waals surface area contributed by atoms with Crippen molar-refractivity contribution in [1.82, 2.24) is 19.4 Å². The van der Waals surface area contributed by atoms with E-state index in [0.717, 1.165) is 22.4 Å². The van der Waals surface area contributed by atoms with Crippen LogP contribution >= 0.6 is 11.8 Å². The number of anilines is 3. The Balaban J connectivity index is 1.20. The molecule has 1 fully saturated rings. The van der Waals surface area contributed by atoms with Crippen LogP contribution in [0.25, 0.3) is 11.0 Å². The smallest absolute Gasteiger partial charge is 0.414 e. The molecule has 0 N–H and O–H groups in total. The number of ether oxygens (including phenoxy) is 2. The van der Waals surface area contributed by atoms with Crippen LogP contribution in [0.2, 0.25) is 0 Å². The van der Waals surface area contributed by atoms with Gasteiger partial charge in [0.25, 0.3) is 5.56 Å². The Hall–Kier alpha value is -5.36. The molecule has 0 spiro atoms. The van der Waals surface area contributed by atoms with Crippen LogP contribution < -0.4 is 15.4 Å². The van der Waals surface area contributed by atoms with Crippen LogP contribution in [0, 0.1) is 6.92 Å². The minimum Gasteiger partial charge on any atom is -0.445 e. The maximum absolute atomic E-state index is 14.6. The molecule has 2 aromatic heterocycles. The summed E-state index contributed by atoms with van der Waals surface area (Å²) in [6.07, 6.45) is 3.33. The first-order valence-corrected chi connectivity index (χ1v) is 17.4. The van der Waals surface area contributed by atoms with Gasteiger partial charge in [-0.15, -0.1) is 0 Å². The molecule has 49 heavy (non-hydrogen) atoms. The number of amides is 2. The topological polar surface area (TPSA) is 110 Å². The number of benzene rings is 3. The Bertz CT molecular complexity index is 2060. The van der Waals surface area contributed by atoms with Crippen molar-refractivity contribution in [1.29, 1.82) is 0 Å². The van der Waals surface area contributed by atoms with Gasteiger partial charge >= 0.3 is 12.2 Å². The molecule has 7 rings (SSSR count). The molecular formula is C37H36N6O5S. The summed E-state index contributed by atoms with van der Waals surface area (Å²) in [5.74, 6) is 0. The van der Waals surface area contributed by atoms with E-state index in [2.05, 4.69) is 4.98 Å². The number of likely N-dealkylation sites (tertiary alicyclic amines) is 1. The lowest BCUT2D eigenvalue weighted by atomic mass is 10.1. The van der Waals surface area contributed by atoms with Crippen molar-refractivity contribution >= 4 is 52.0 Å². The van der Waals surface area contributed by atoms with Gasteiger partial charge in [-0.1, -0.05) is 84.6 Å². The number of hydrogen-bond donors (Lipinski definition) is 0. The maximum Gasteiger partial charge on any atom is 0.414 e. The molecule has 0 saturated carbocycles. The van der Waals surface area contributed by atoms with Crippen molar-refractivity contribution in [2.75, 3.05) is 42.2 Å². The highest BCUT2D eigenvalue weighted by Gasteiger charge is 2.34. The van der Waals surface area contributed by atoms with Crippen LogP contribution in [0.15, 0.2) is 101 Å². The second kappa shape index (κ2) is 14.0. The molecular weight excluding hydrogens is 641 g/mol. The van der Waals surface area contributed by atoms with Crippen LogP contribution in [-0.4, -0.2) is 64.1 Å². The average Bonchev–Trinajstić information content (AvgIpc) is 3.63. The fraction of sp³-hybridized carbons (Fsp3) is 0.270. The van der Waals surface area contributed by atoms with Gasteiger partial charge in [-0.3, -0.25) is 14.3 Å². The predicted molar refractivity (Wildman–Crippen MR) is 190 cm³/mol. The Labute approximate surface area is 288 Å². The molecule has 2 aliphatic heterocycles. The van der Waals surface area contributed by atoms with E-state index in [1.54, 1.807) is 20.6 Å². The fourth-order valence-corrected chi connectivity index (χ4v) is 6.86.